The Morgan fingerprint density at radius 1 is 1.38 bits per heavy atom. The standard InChI is InChI=1S/C17H18FN3O3/c1-2-7-21-14-9-13(11(18)8-16(14)24-10-17(21)23)20-19-12-5-3-4-6-15(12)22/h1,8-9,12,19-20H,3-7,10H2. The van der Waals surface area contributed by atoms with Gasteiger partial charge in [0, 0.05) is 12.5 Å². The summed E-state index contributed by atoms with van der Waals surface area (Å²) >= 11 is 0. The predicted octanol–water partition coefficient (Wildman–Crippen LogP) is 1.61. The third kappa shape index (κ3) is 3.19. The molecule has 1 aliphatic carbocycles. The molecule has 1 amide bonds. The number of halogens is 1. The Balaban J connectivity index is 1.80. The molecule has 1 heterocycles. The molecular weight excluding hydrogens is 313 g/mol. The van der Waals surface area contributed by atoms with Gasteiger partial charge in [0.15, 0.2) is 18.2 Å². The first-order valence-electron chi connectivity index (χ1n) is 7.84. The van der Waals surface area contributed by atoms with Crippen LogP contribution in [0.3, 0.4) is 0 Å². The number of terminal acetylenes is 1. The lowest BCUT2D eigenvalue weighted by Crippen LogP contribution is -2.42. The zero-order valence-corrected chi connectivity index (χ0v) is 13.1. The highest BCUT2D eigenvalue weighted by atomic mass is 19.1. The molecule has 1 unspecified atom stereocenters. The number of nitrogens with zero attached hydrogens (tertiary/aromatic N) is 1. The summed E-state index contributed by atoms with van der Waals surface area (Å²) in [5.74, 6) is 1.96. The van der Waals surface area contributed by atoms with Crippen LogP contribution in [-0.4, -0.2) is 30.9 Å². The van der Waals surface area contributed by atoms with Crippen LogP contribution >= 0.6 is 0 Å². The quantitative estimate of drug-likeness (QED) is 0.648. The Hall–Kier alpha value is -2.59. The van der Waals surface area contributed by atoms with Crippen LogP contribution in [0.2, 0.25) is 0 Å². The second-order valence-corrected chi connectivity index (χ2v) is 5.81. The van der Waals surface area contributed by atoms with Gasteiger partial charge in [0.1, 0.15) is 5.75 Å². The molecule has 0 bridgehead atoms. The van der Waals surface area contributed by atoms with Gasteiger partial charge in [-0.05, 0) is 18.9 Å². The zero-order chi connectivity index (χ0) is 17.1. The third-order valence-corrected chi connectivity index (χ3v) is 4.18. The second kappa shape index (κ2) is 6.89. The Morgan fingerprint density at radius 3 is 2.96 bits per heavy atom. The Bertz CT molecular complexity index is 714. The van der Waals surface area contributed by atoms with E-state index in [1.165, 1.54) is 17.0 Å². The number of carbonyl (C=O) groups is 2. The van der Waals surface area contributed by atoms with E-state index in [9.17, 15) is 14.0 Å². The molecule has 1 aromatic rings. The topological polar surface area (TPSA) is 70.7 Å². The van der Waals surface area contributed by atoms with Crippen LogP contribution in [0.1, 0.15) is 25.7 Å². The van der Waals surface area contributed by atoms with E-state index in [0.29, 0.717) is 18.5 Å². The molecule has 1 aliphatic heterocycles. The molecule has 2 aliphatic rings. The predicted molar refractivity (Wildman–Crippen MR) is 87.1 cm³/mol. The molecular formula is C17H18FN3O3. The summed E-state index contributed by atoms with van der Waals surface area (Å²) in [7, 11) is 0. The number of carbonyl (C=O) groups excluding carboxylic acids is 2. The number of amides is 1. The molecule has 0 spiro atoms. The molecule has 1 aromatic carbocycles. The van der Waals surface area contributed by atoms with Crippen molar-refractivity contribution in [3.05, 3.63) is 17.9 Å². The number of ether oxygens (including phenoxy) is 1. The van der Waals surface area contributed by atoms with Gasteiger partial charge in [-0.3, -0.25) is 14.5 Å². The van der Waals surface area contributed by atoms with Gasteiger partial charge in [0.25, 0.3) is 5.91 Å². The van der Waals surface area contributed by atoms with Crippen molar-refractivity contribution >= 4 is 23.1 Å². The summed E-state index contributed by atoms with van der Waals surface area (Å²) in [4.78, 5) is 25.1. The van der Waals surface area contributed by atoms with Crippen molar-refractivity contribution in [3.63, 3.8) is 0 Å². The molecule has 1 atom stereocenters. The van der Waals surface area contributed by atoms with Crippen LogP contribution < -0.4 is 20.5 Å². The van der Waals surface area contributed by atoms with Gasteiger partial charge in [-0.15, -0.1) is 6.42 Å². The molecule has 0 radical (unpaired) electrons. The summed E-state index contributed by atoms with van der Waals surface area (Å²) < 4.78 is 19.5. The number of Topliss-reactive ketones (excluding diaryl/α,β-unsaturated/α-hetero) is 1. The maximum atomic E-state index is 14.2. The Labute approximate surface area is 139 Å². The van der Waals surface area contributed by atoms with Gasteiger partial charge in [0.2, 0.25) is 0 Å². The summed E-state index contributed by atoms with van der Waals surface area (Å²) in [5, 5.41) is 0. The highest BCUT2D eigenvalue weighted by Crippen LogP contribution is 2.36. The average Bonchev–Trinajstić information content (AvgIpc) is 2.57. The molecule has 0 aromatic heterocycles. The van der Waals surface area contributed by atoms with Crippen LogP contribution in [0.15, 0.2) is 12.1 Å². The maximum Gasteiger partial charge on any atom is 0.265 e. The van der Waals surface area contributed by atoms with Crippen LogP contribution in [0.4, 0.5) is 15.8 Å². The third-order valence-electron chi connectivity index (χ3n) is 4.18. The van der Waals surface area contributed by atoms with Crippen molar-refractivity contribution < 1.29 is 18.7 Å². The van der Waals surface area contributed by atoms with E-state index in [1.54, 1.807) is 0 Å². The fraction of sp³-hybridized carbons (Fsp3) is 0.412. The van der Waals surface area contributed by atoms with E-state index in [4.69, 9.17) is 11.2 Å². The fourth-order valence-corrected chi connectivity index (χ4v) is 2.88. The molecule has 126 valence electrons. The average molecular weight is 331 g/mol. The van der Waals surface area contributed by atoms with Gasteiger partial charge in [-0.2, -0.15) is 0 Å². The van der Waals surface area contributed by atoms with Crippen molar-refractivity contribution in [2.75, 3.05) is 23.5 Å². The summed E-state index contributed by atoms with van der Waals surface area (Å²) in [6, 6.07) is 2.33. The van der Waals surface area contributed by atoms with Gasteiger partial charge in [0.05, 0.1) is 24.0 Å². The fourth-order valence-electron chi connectivity index (χ4n) is 2.88. The number of fused-ring (bicyclic) bond motifs is 1. The van der Waals surface area contributed by atoms with Crippen molar-refractivity contribution in [1.82, 2.24) is 5.43 Å². The first kappa shape index (κ1) is 16.3. The van der Waals surface area contributed by atoms with Crippen molar-refractivity contribution in [1.29, 1.82) is 0 Å². The second-order valence-electron chi connectivity index (χ2n) is 5.81. The molecule has 1 saturated carbocycles. The lowest BCUT2D eigenvalue weighted by molar-refractivity contribution is -0.122. The summed E-state index contributed by atoms with van der Waals surface area (Å²) in [6.45, 7) is -0.0927. The summed E-state index contributed by atoms with van der Waals surface area (Å²) in [5.41, 5.74) is 6.16. The SMILES string of the molecule is C#CCN1C(=O)COc2cc(F)c(NNC3CCCCC3=O)cc21. The number of anilines is 2. The molecule has 24 heavy (non-hydrogen) atoms. The van der Waals surface area contributed by atoms with Crippen LogP contribution in [0.5, 0.6) is 5.75 Å². The monoisotopic (exact) mass is 331 g/mol. The number of hydrogen-bond donors (Lipinski definition) is 2. The first-order valence-corrected chi connectivity index (χ1v) is 7.84. The highest BCUT2D eigenvalue weighted by Gasteiger charge is 2.27. The minimum atomic E-state index is -0.542. The molecule has 7 heteroatoms. The number of hydrogen-bond acceptors (Lipinski definition) is 5. The Kier molecular flexibility index (Phi) is 4.67. The van der Waals surface area contributed by atoms with E-state index in [2.05, 4.69) is 16.8 Å². The first-order chi connectivity index (χ1) is 11.6. The highest BCUT2D eigenvalue weighted by molar-refractivity contribution is 5.98. The smallest absolute Gasteiger partial charge is 0.265 e. The summed E-state index contributed by atoms with van der Waals surface area (Å²) in [6.07, 6.45) is 8.39. The van der Waals surface area contributed by atoms with Gasteiger partial charge in [-0.1, -0.05) is 12.3 Å². The van der Waals surface area contributed by atoms with Gasteiger partial charge >= 0.3 is 0 Å². The normalized spacial score (nSPS) is 20.2. The molecule has 2 N–H and O–H groups in total. The van der Waals surface area contributed by atoms with Gasteiger partial charge < -0.3 is 10.2 Å². The van der Waals surface area contributed by atoms with E-state index >= 15 is 0 Å². The van der Waals surface area contributed by atoms with Gasteiger partial charge in [-0.25, -0.2) is 9.82 Å². The van der Waals surface area contributed by atoms with E-state index < -0.39 is 5.82 Å². The lowest BCUT2D eigenvalue weighted by Gasteiger charge is -2.29. The van der Waals surface area contributed by atoms with E-state index in [1.807, 2.05) is 0 Å². The number of rotatable bonds is 4. The number of ketones is 1. The molecule has 1 fully saturated rings. The maximum absolute atomic E-state index is 14.2. The van der Waals surface area contributed by atoms with Crippen LogP contribution in [-0.2, 0) is 9.59 Å². The molecule has 6 nitrogen and oxygen atoms in total. The minimum absolute atomic E-state index is 0.0782. The Morgan fingerprint density at radius 2 is 2.21 bits per heavy atom. The minimum Gasteiger partial charge on any atom is -0.481 e. The lowest BCUT2D eigenvalue weighted by atomic mass is 9.95. The van der Waals surface area contributed by atoms with Crippen molar-refractivity contribution in [3.8, 4) is 18.1 Å². The number of hydrazine groups is 1. The van der Waals surface area contributed by atoms with Crippen molar-refractivity contribution in [2.24, 2.45) is 0 Å². The van der Waals surface area contributed by atoms with Crippen LogP contribution in [0, 0.1) is 18.2 Å². The van der Waals surface area contributed by atoms with E-state index in [-0.39, 0.29) is 42.3 Å². The van der Waals surface area contributed by atoms with Crippen molar-refractivity contribution in [2.45, 2.75) is 31.7 Å². The van der Waals surface area contributed by atoms with Crippen LogP contribution in [0.25, 0.3) is 0 Å². The number of nitrogens with one attached hydrogen (secondary N) is 2. The van der Waals surface area contributed by atoms with E-state index in [0.717, 1.165) is 12.8 Å². The molecule has 0 saturated heterocycles. The molecule has 3 rings (SSSR count). The largest absolute Gasteiger partial charge is 0.481 e. The number of benzene rings is 1. The zero-order valence-electron chi connectivity index (χ0n) is 13.1.